The number of hydrogen-bond acceptors (Lipinski definition) is 7. The maximum absolute atomic E-state index is 5.36. The Morgan fingerprint density at radius 1 is 1.21 bits per heavy atom. The lowest BCUT2D eigenvalue weighted by Crippen LogP contribution is -2.31. The van der Waals surface area contributed by atoms with Gasteiger partial charge in [-0.1, -0.05) is 26.7 Å². The van der Waals surface area contributed by atoms with E-state index in [-0.39, 0.29) is 6.01 Å². The molecule has 0 aromatic carbocycles. The molecule has 0 saturated heterocycles. The van der Waals surface area contributed by atoms with Gasteiger partial charge in [0.05, 0.1) is 7.11 Å². The summed E-state index contributed by atoms with van der Waals surface area (Å²) < 4.78 is 5.07. The molecule has 0 unspecified atom stereocenters. The smallest absolute Gasteiger partial charge is 0.322 e. The number of anilines is 2. The minimum atomic E-state index is 0.265. The number of nitrogens with zero attached hydrogens (tertiary/aromatic N) is 4. The van der Waals surface area contributed by atoms with Crippen LogP contribution in [0.15, 0.2) is 0 Å². The summed E-state index contributed by atoms with van der Waals surface area (Å²) in [7, 11) is 1.52. The molecular formula is C12H24N6O. The second-order valence-electron chi connectivity index (χ2n) is 4.31. The van der Waals surface area contributed by atoms with Crippen LogP contribution >= 0.6 is 0 Å². The third-order valence-electron chi connectivity index (χ3n) is 3.21. The van der Waals surface area contributed by atoms with E-state index < -0.39 is 0 Å². The molecule has 7 nitrogen and oxygen atoms in total. The summed E-state index contributed by atoms with van der Waals surface area (Å²) in [4.78, 5) is 14.7. The van der Waals surface area contributed by atoms with E-state index in [2.05, 4.69) is 46.0 Å². The summed E-state index contributed by atoms with van der Waals surface area (Å²) in [5, 5.41) is 0. The van der Waals surface area contributed by atoms with Crippen molar-refractivity contribution in [3.8, 4) is 6.01 Å². The van der Waals surface area contributed by atoms with Gasteiger partial charge in [-0.2, -0.15) is 15.0 Å². The molecule has 1 aromatic heterocycles. The van der Waals surface area contributed by atoms with Gasteiger partial charge < -0.3 is 9.64 Å². The van der Waals surface area contributed by atoms with Crippen LogP contribution in [0.1, 0.15) is 33.6 Å². The highest BCUT2D eigenvalue weighted by Crippen LogP contribution is 2.17. The van der Waals surface area contributed by atoms with Crippen LogP contribution in [0.2, 0.25) is 0 Å². The van der Waals surface area contributed by atoms with Gasteiger partial charge in [0.15, 0.2) is 0 Å². The number of nitrogens with one attached hydrogen (secondary N) is 1. The average Bonchev–Trinajstić information content (AvgIpc) is 2.48. The van der Waals surface area contributed by atoms with Gasteiger partial charge in [0, 0.05) is 13.1 Å². The van der Waals surface area contributed by atoms with Crippen molar-refractivity contribution in [3.63, 3.8) is 0 Å². The minimum Gasteiger partial charge on any atom is -0.467 e. The Hall–Kier alpha value is -1.63. The number of hydrogen-bond donors (Lipinski definition) is 2. The molecule has 0 amide bonds. The minimum absolute atomic E-state index is 0.265. The number of nitrogen functional groups attached to an aromatic ring is 1. The summed E-state index contributed by atoms with van der Waals surface area (Å²) >= 11 is 0. The zero-order chi connectivity index (χ0) is 14.3. The Balaban J connectivity index is 2.96. The number of aromatic nitrogens is 3. The summed E-state index contributed by atoms with van der Waals surface area (Å²) in [5.74, 6) is 6.88. The van der Waals surface area contributed by atoms with Crippen LogP contribution in [0.4, 0.5) is 11.9 Å². The van der Waals surface area contributed by atoms with E-state index in [0.29, 0.717) is 17.8 Å². The predicted octanol–water partition coefficient (Wildman–Crippen LogP) is 1.43. The van der Waals surface area contributed by atoms with Crippen LogP contribution in [0, 0.1) is 5.92 Å². The van der Waals surface area contributed by atoms with Crippen molar-refractivity contribution >= 4 is 11.9 Å². The van der Waals surface area contributed by atoms with Crippen molar-refractivity contribution in [2.45, 2.75) is 33.6 Å². The molecular weight excluding hydrogens is 244 g/mol. The molecule has 0 atom stereocenters. The zero-order valence-electron chi connectivity index (χ0n) is 12.2. The quantitative estimate of drug-likeness (QED) is 0.544. The Morgan fingerprint density at radius 3 is 2.37 bits per heavy atom. The molecule has 1 rings (SSSR count). The molecule has 0 bridgehead atoms. The molecule has 1 aromatic rings. The van der Waals surface area contributed by atoms with Gasteiger partial charge in [-0.25, -0.2) is 5.84 Å². The summed E-state index contributed by atoms with van der Waals surface area (Å²) in [6.45, 7) is 8.22. The fourth-order valence-corrected chi connectivity index (χ4v) is 1.85. The largest absolute Gasteiger partial charge is 0.467 e. The van der Waals surface area contributed by atoms with Gasteiger partial charge in [0.25, 0.3) is 0 Å². The van der Waals surface area contributed by atoms with Crippen LogP contribution < -0.4 is 20.9 Å². The fourth-order valence-electron chi connectivity index (χ4n) is 1.85. The van der Waals surface area contributed by atoms with E-state index in [4.69, 9.17) is 10.6 Å². The molecule has 0 spiro atoms. The van der Waals surface area contributed by atoms with Crippen molar-refractivity contribution in [2.24, 2.45) is 11.8 Å². The van der Waals surface area contributed by atoms with Gasteiger partial charge in [-0.05, 0) is 12.8 Å². The first-order chi connectivity index (χ1) is 9.18. The lowest BCUT2D eigenvalue weighted by molar-refractivity contribution is 0.378. The molecule has 108 valence electrons. The number of rotatable bonds is 8. The van der Waals surface area contributed by atoms with E-state index in [0.717, 1.165) is 25.9 Å². The van der Waals surface area contributed by atoms with Crippen molar-refractivity contribution in [1.82, 2.24) is 15.0 Å². The van der Waals surface area contributed by atoms with E-state index >= 15 is 0 Å². The van der Waals surface area contributed by atoms with Gasteiger partial charge >= 0.3 is 6.01 Å². The van der Waals surface area contributed by atoms with Crippen LogP contribution in [-0.4, -0.2) is 35.2 Å². The molecule has 0 saturated carbocycles. The molecule has 19 heavy (non-hydrogen) atoms. The van der Waals surface area contributed by atoms with Gasteiger partial charge in [-0.15, -0.1) is 0 Å². The lowest BCUT2D eigenvalue weighted by Gasteiger charge is -2.25. The Bertz CT molecular complexity index is 360. The summed E-state index contributed by atoms with van der Waals surface area (Å²) in [5.41, 5.74) is 2.43. The first-order valence-corrected chi connectivity index (χ1v) is 6.69. The van der Waals surface area contributed by atoms with Crippen molar-refractivity contribution in [3.05, 3.63) is 0 Å². The van der Waals surface area contributed by atoms with Crippen LogP contribution in [0.25, 0.3) is 0 Å². The SMILES string of the molecule is CCC(CC)CN(CC)c1nc(NN)nc(OC)n1. The second-order valence-corrected chi connectivity index (χ2v) is 4.31. The fraction of sp³-hybridized carbons (Fsp3) is 0.750. The molecule has 0 radical (unpaired) electrons. The maximum Gasteiger partial charge on any atom is 0.322 e. The first kappa shape index (κ1) is 15.4. The van der Waals surface area contributed by atoms with E-state index in [1.807, 2.05) is 0 Å². The standard InChI is InChI=1S/C12H24N6O/c1-5-9(6-2)8-18(7-3)11-14-10(17-13)15-12(16-11)19-4/h9H,5-8,13H2,1-4H3,(H,14,15,16,17). The van der Waals surface area contributed by atoms with Crippen molar-refractivity contribution in [1.29, 1.82) is 0 Å². The van der Waals surface area contributed by atoms with E-state index in [9.17, 15) is 0 Å². The van der Waals surface area contributed by atoms with E-state index in [1.165, 1.54) is 7.11 Å². The third-order valence-corrected chi connectivity index (χ3v) is 3.21. The predicted molar refractivity (Wildman–Crippen MR) is 76.1 cm³/mol. The summed E-state index contributed by atoms with van der Waals surface area (Å²) in [6, 6.07) is 0.265. The highest BCUT2D eigenvalue weighted by Gasteiger charge is 2.15. The number of methoxy groups -OCH3 is 1. The Labute approximate surface area is 114 Å². The molecule has 0 aliphatic rings. The van der Waals surface area contributed by atoms with Crippen LogP contribution in [-0.2, 0) is 0 Å². The molecule has 7 heteroatoms. The normalized spacial score (nSPS) is 10.6. The van der Waals surface area contributed by atoms with Crippen LogP contribution in [0.3, 0.4) is 0 Å². The van der Waals surface area contributed by atoms with Gasteiger partial charge in [0.1, 0.15) is 0 Å². The molecule has 1 heterocycles. The number of hydrazine groups is 1. The molecule has 0 aliphatic heterocycles. The van der Waals surface area contributed by atoms with Crippen molar-refractivity contribution < 1.29 is 4.74 Å². The highest BCUT2D eigenvalue weighted by atomic mass is 16.5. The zero-order valence-corrected chi connectivity index (χ0v) is 12.2. The number of nitrogens with two attached hydrogens (primary N) is 1. The summed E-state index contributed by atoms with van der Waals surface area (Å²) in [6.07, 6.45) is 2.27. The Morgan fingerprint density at radius 2 is 1.89 bits per heavy atom. The molecule has 0 aliphatic carbocycles. The Kier molecular flexibility index (Phi) is 6.27. The number of ether oxygens (including phenoxy) is 1. The van der Waals surface area contributed by atoms with Crippen LogP contribution in [0.5, 0.6) is 6.01 Å². The average molecular weight is 268 g/mol. The monoisotopic (exact) mass is 268 g/mol. The van der Waals surface area contributed by atoms with Gasteiger partial charge in [0.2, 0.25) is 11.9 Å². The molecule has 3 N–H and O–H groups in total. The van der Waals surface area contributed by atoms with E-state index in [1.54, 1.807) is 0 Å². The molecule has 0 fully saturated rings. The van der Waals surface area contributed by atoms with Gasteiger partial charge in [-0.3, -0.25) is 5.43 Å². The maximum atomic E-state index is 5.36. The second kappa shape index (κ2) is 7.73. The lowest BCUT2D eigenvalue weighted by atomic mass is 10.0. The first-order valence-electron chi connectivity index (χ1n) is 6.69. The third kappa shape index (κ3) is 4.20. The van der Waals surface area contributed by atoms with Crippen molar-refractivity contribution in [2.75, 3.05) is 30.5 Å². The highest BCUT2D eigenvalue weighted by molar-refractivity contribution is 5.37. The topological polar surface area (TPSA) is 89.2 Å².